The first-order chi connectivity index (χ1) is 11.6. The van der Waals surface area contributed by atoms with Gasteiger partial charge in [0.1, 0.15) is 5.82 Å². The highest BCUT2D eigenvalue weighted by Gasteiger charge is 2.15. The number of halogens is 3. The SMILES string of the molecule is CCOc1ccc(-c2ccc(-c3cccc(F)c3)cc2)c(F)c1F. The van der Waals surface area contributed by atoms with Gasteiger partial charge in [-0.05, 0) is 47.9 Å². The van der Waals surface area contributed by atoms with E-state index in [2.05, 4.69) is 0 Å². The number of rotatable bonds is 4. The quantitative estimate of drug-likeness (QED) is 0.585. The molecule has 122 valence electrons. The molecule has 3 aromatic carbocycles. The van der Waals surface area contributed by atoms with Crippen LogP contribution in [0.3, 0.4) is 0 Å². The molecule has 0 saturated heterocycles. The molecule has 0 heterocycles. The lowest BCUT2D eigenvalue weighted by atomic mass is 9.99. The Labute approximate surface area is 138 Å². The van der Waals surface area contributed by atoms with Crippen molar-refractivity contribution in [3.8, 4) is 28.0 Å². The van der Waals surface area contributed by atoms with Crippen LogP contribution in [0, 0.1) is 17.5 Å². The van der Waals surface area contributed by atoms with Crippen LogP contribution in [0.2, 0.25) is 0 Å². The van der Waals surface area contributed by atoms with Gasteiger partial charge in [-0.1, -0.05) is 36.4 Å². The molecule has 0 bridgehead atoms. The molecule has 0 unspecified atom stereocenters. The first-order valence-electron chi connectivity index (χ1n) is 7.57. The number of benzene rings is 3. The van der Waals surface area contributed by atoms with Crippen LogP contribution in [0.15, 0.2) is 60.7 Å². The second kappa shape index (κ2) is 6.79. The Bertz CT molecular complexity index is 857. The molecule has 0 radical (unpaired) electrons. The molecule has 0 saturated carbocycles. The highest BCUT2D eigenvalue weighted by atomic mass is 19.2. The lowest BCUT2D eigenvalue weighted by Gasteiger charge is -2.10. The minimum atomic E-state index is -0.997. The second-order valence-electron chi connectivity index (χ2n) is 5.26. The summed E-state index contributed by atoms with van der Waals surface area (Å²) in [7, 11) is 0. The first-order valence-corrected chi connectivity index (χ1v) is 7.57. The minimum absolute atomic E-state index is 0.102. The van der Waals surface area contributed by atoms with Crippen LogP contribution in [0.1, 0.15) is 6.92 Å². The van der Waals surface area contributed by atoms with Gasteiger partial charge in [0.25, 0.3) is 0 Å². The number of hydrogen-bond acceptors (Lipinski definition) is 1. The molecule has 24 heavy (non-hydrogen) atoms. The molecule has 0 fully saturated rings. The van der Waals surface area contributed by atoms with Gasteiger partial charge >= 0.3 is 0 Å². The molecule has 0 atom stereocenters. The highest BCUT2D eigenvalue weighted by molar-refractivity contribution is 5.71. The maximum Gasteiger partial charge on any atom is 0.201 e. The molecule has 3 rings (SSSR count). The normalized spacial score (nSPS) is 10.7. The Morgan fingerprint density at radius 3 is 2.12 bits per heavy atom. The molecule has 0 aliphatic heterocycles. The maximum absolute atomic E-state index is 14.2. The summed E-state index contributed by atoms with van der Waals surface area (Å²) in [6.45, 7) is 1.97. The molecule has 0 amide bonds. The van der Waals surface area contributed by atoms with Crippen molar-refractivity contribution in [2.75, 3.05) is 6.61 Å². The van der Waals surface area contributed by atoms with Gasteiger partial charge in [-0.15, -0.1) is 0 Å². The van der Waals surface area contributed by atoms with E-state index in [4.69, 9.17) is 4.74 Å². The van der Waals surface area contributed by atoms with Crippen molar-refractivity contribution < 1.29 is 17.9 Å². The summed E-state index contributed by atoms with van der Waals surface area (Å²) in [5.74, 6) is -2.37. The van der Waals surface area contributed by atoms with Gasteiger partial charge in [-0.2, -0.15) is 4.39 Å². The van der Waals surface area contributed by atoms with Gasteiger partial charge in [-0.25, -0.2) is 8.78 Å². The number of ether oxygens (including phenoxy) is 1. The van der Waals surface area contributed by atoms with E-state index in [1.54, 1.807) is 43.3 Å². The van der Waals surface area contributed by atoms with Crippen LogP contribution in [0.4, 0.5) is 13.2 Å². The van der Waals surface area contributed by atoms with E-state index in [-0.39, 0.29) is 23.7 Å². The highest BCUT2D eigenvalue weighted by Crippen LogP contribution is 2.31. The Kier molecular flexibility index (Phi) is 4.56. The predicted octanol–water partition coefficient (Wildman–Crippen LogP) is 5.84. The predicted molar refractivity (Wildman–Crippen MR) is 88.4 cm³/mol. The van der Waals surface area contributed by atoms with Crippen LogP contribution in [0.25, 0.3) is 22.3 Å². The van der Waals surface area contributed by atoms with Crippen LogP contribution in [0.5, 0.6) is 5.75 Å². The second-order valence-corrected chi connectivity index (χ2v) is 5.26. The van der Waals surface area contributed by atoms with Gasteiger partial charge < -0.3 is 4.74 Å². The number of hydrogen-bond donors (Lipinski definition) is 0. The Hall–Kier alpha value is -2.75. The minimum Gasteiger partial charge on any atom is -0.491 e. The summed E-state index contributed by atoms with van der Waals surface area (Å²) >= 11 is 0. The van der Waals surface area contributed by atoms with Gasteiger partial charge in [0, 0.05) is 5.56 Å². The van der Waals surface area contributed by atoms with Crippen molar-refractivity contribution >= 4 is 0 Å². The van der Waals surface area contributed by atoms with E-state index >= 15 is 0 Å². The largest absolute Gasteiger partial charge is 0.491 e. The van der Waals surface area contributed by atoms with Crippen molar-refractivity contribution in [2.45, 2.75) is 6.92 Å². The fourth-order valence-corrected chi connectivity index (χ4v) is 2.53. The third-order valence-corrected chi connectivity index (χ3v) is 3.70. The molecule has 0 aliphatic carbocycles. The van der Waals surface area contributed by atoms with E-state index in [9.17, 15) is 13.2 Å². The first kappa shape index (κ1) is 16.1. The summed E-state index contributed by atoms with van der Waals surface area (Å²) < 4.78 is 46.6. The fourth-order valence-electron chi connectivity index (χ4n) is 2.53. The lowest BCUT2D eigenvalue weighted by Crippen LogP contribution is -1.98. The van der Waals surface area contributed by atoms with Gasteiger partial charge in [0.15, 0.2) is 11.6 Å². The van der Waals surface area contributed by atoms with E-state index in [0.717, 1.165) is 11.1 Å². The van der Waals surface area contributed by atoms with Crippen molar-refractivity contribution in [3.63, 3.8) is 0 Å². The van der Waals surface area contributed by atoms with E-state index < -0.39 is 11.6 Å². The van der Waals surface area contributed by atoms with E-state index in [1.165, 1.54) is 24.3 Å². The van der Waals surface area contributed by atoms with Crippen molar-refractivity contribution in [1.82, 2.24) is 0 Å². The summed E-state index contributed by atoms with van der Waals surface area (Å²) in [6, 6.07) is 16.0. The molecular weight excluding hydrogens is 313 g/mol. The molecule has 4 heteroatoms. The monoisotopic (exact) mass is 328 g/mol. The Morgan fingerprint density at radius 2 is 1.46 bits per heavy atom. The Balaban J connectivity index is 1.95. The molecule has 3 aromatic rings. The van der Waals surface area contributed by atoms with E-state index in [0.29, 0.717) is 5.56 Å². The average molecular weight is 328 g/mol. The van der Waals surface area contributed by atoms with Crippen molar-refractivity contribution in [3.05, 3.63) is 78.1 Å². The van der Waals surface area contributed by atoms with Gasteiger partial charge in [-0.3, -0.25) is 0 Å². The van der Waals surface area contributed by atoms with Crippen molar-refractivity contribution in [2.24, 2.45) is 0 Å². The zero-order chi connectivity index (χ0) is 17.1. The average Bonchev–Trinajstić information content (AvgIpc) is 2.60. The standard InChI is InChI=1S/C20H15F3O/c1-2-24-18-11-10-17(19(22)20(18)23)14-8-6-13(7-9-14)15-4-3-5-16(21)12-15/h3-12H,2H2,1H3. The van der Waals surface area contributed by atoms with Crippen LogP contribution < -0.4 is 4.74 Å². The maximum atomic E-state index is 14.2. The van der Waals surface area contributed by atoms with Gasteiger partial charge in [0.05, 0.1) is 6.61 Å². The molecule has 1 nitrogen and oxygen atoms in total. The molecule has 0 spiro atoms. The summed E-state index contributed by atoms with van der Waals surface area (Å²) in [4.78, 5) is 0. The van der Waals surface area contributed by atoms with Crippen molar-refractivity contribution in [1.29, 1.82) is 0 Å². The fraction of sp³-hybridized carbons (Fsp3) is 0.100. The molecular formula is C20H15F3O. The zero-order valence-electron chi connectivity index (χ0n) is 13.0. The van der Waals surface area contributed by atoms with Crippen LogP contribution >= 0.6 is 0 Å². The summed E-state index contributed by atoms with van der Waals surface area (Å²) in [6.07, 6.45) is 0. The lowest BCUT2D eigenvalue weighted by molar-refractivity contribution is 0.314. The van der Waals surface area contributed by atoms with Crippen LogP contribution in [-0.2, 0) is 0 Å². The summed E-state index contributed by atoms with van der Waals surface area (Å²) in [5, 5.41) is 0. The Morgan fingerprint density at radius 1 is 0.750 bits per heavy atom. The summed E-state index contributed by atoms with van der Waals surface area (Å²) in [5.41, 5.74) is 2.21. The van der Waals surface area contributed by atoms with Gasteiger partial charge in [0.2, 0.25) is 5.82 Å². The molecule has 0 aliphatic rings. The van der Waals surface area contributed by atoms with E-state index in [1.807, 2.05) is 0 Å². The third-order valence-electron chi connectivity index (χ3n) is 3.70. The topological polar surface area (TPSA) is 9.23 Å². The zero-order valence-corrected chi connectivity index (χ0v) is 13.0. The molecule has 0 N–H and O–H groups in total. The van der Waals surface area contributed by atoms with Crippen LogP contribution in [-0.4, -0.2) is 6.61 Å². The smallest absolute Gasteiger partial charge is 0.201 e. The molecule has 0 aromatic heterocycles. The third kappa shape index (κ3) is 3.13.